The van der Waals surface area contributed by atoms with Gasteiger partial charge in [-0.3, -0.25) is 4.72 Å². The van der Waals surface area contributed by atoms with Crippen molar-refractivity contribution in [3.8, 4) is 11.5 Å². The molecule has 0 saturated carbocycles. The average molecular weight is 394 g/mol. The Morgan fingerprint density at radius 2 is 1.70 bits per heavy atom. The van der Waals surface area contributed by atoms with Gasteiger partial charge in [-0.05, 0) is 37.1 Å². The first kappa shape index (κ1) is 20.8. The van der Waals surface area contributed by atoms with E-state index < -0.39 is 10.0 Å². The lowest BCUT2D eigenvalue weighted by Crippen LogP contribution is -2.26. The Hall–Kier alpha value is -2.55. The predicted molar refractivity (Wildman–Crippen MR) is 105 cm³/mol. The lowest BCUT2D eigenvalue weighted by Gasteiger charge is -2.21. The fraction of sp³-hybridized carbons (Fsp3) is 0.444. The first-order valence-electron chi connectivity index (χ1n) is 8.78. The Labute approximate surface area is 160 Å². The van der Waals surface area contributed by atoms with Gasteiger partial charge >= 0.3 is 0 Å². The zero-order valence-electron chi connectivity index (χ0n) is 16.1. The van der Waals surface area contributed by atoms with Crippen molar-refractivity contribution in [3.63, 3.8) is 0 Å². The second-order valence-corrected chi connectivity index (χ2v) is 7.54. The van der Waals surface area contributed by atoms with Crippen molar-refractivity contribution < 1.29 is 17.9 Å². The third-order valence-electron chi connectivity index (χ3n) is 3.86. The molecule has 0 saturated heterocycles. The number of sulfonamides is 1. The van der Waals surface area contributed by atoms with Gasteiger partial charge in [-0.15, -0.1) is 10.2 Å². The normalized spacial score (nSPS) is 11.1. The molecule has 0 spiro atoms. The van der Waals surface area contributed by atoms with E-state index in [1.807, 2.05) is 0 Å². The van der Waals surface area contributed by atoms with Gasteiger partial charge < -0.3 is 14.4 Å². The number of nitrogens with zero attached hydrogens (tertiary/aromatic N) is 3. The SMILES string of the molecule is CCCN(CCC)c1ccc(NS(=O)(=O)c2cc(OC)ccc2OC)nn1. The summed E-state index contributed by atoms with van der Waals surface area (Å²) in [5, 5.41) is 8.18. The molecule has 0 amide bonds. The smallest absolute Gasteiger partial charge is 0.266 e. The summed E-state index contributed by atoms with van der Waals surface area (Å²) < 4.78 is 38.2. The Morgan fingerprint density at radius 3 is 2.22 bits per heavy atom. The van der Waals surface area contributed by atoms with Crippen LogP contribution in [0, 0.1) is 0 Å². The highest BCUT2D eigenvalue weighted by atomic mass is 32.2. The molecule has 1 aromatic carbocycles. The van der Waals surface area contributed by atoms with E-state index in [1.54, 1.807) is 18.2 Å². The molecule has 2 rings (SSSR count). The van der Waals surface area contributed by atoms with Crippen LogP contribution in [0.1, 0.15) is 26.7 Å². The van der Waals surface area contributed by atoms with E-state index in [-0.39, 0.29) is 16.5 Å². The molecule has 0 atom stereocenters. The number of aromatic nitrogens is 2. The highest BCUT2D eigenvalue weighted by Crippen LogP contribution is 2.29. The van der Waals surface area contributed by atoms with Gasteiger partial charge in [0, 0.05) is 19.2 Å². The zero-order valence-corrected chi connectivity index (χ0v) is 16.9. The molecule has 1 N–H and O–H groups in total. The number of anilines is 2. The molecule has 8 nitrogen and oxygen atoms in total. The standard InChI is InChI=1S/C18H26N4O4S/c1-5-11-22(12-6-2)18-10-9-17(19-20-18)21-27(23,24)16-13-14(25-3)7-8-15(16)26-4/h7-10,13H,5-6,11-12H2,1-4H3,(H,19,21). The van der Waals surface area contributed by atoms with Crippen molar-refractivity contribution in [3.05, 3.63) is 30.3 Å². The van der Waals surface area contributed by atoms with Crippen LogP contribution in [0.5, 0.6) is 11.5 Å². The highest BCUT2D eigenvalue weighted by molar-refractivity contribution is 7.92. The molecule has 27 heavy (non-hydrogen) atoms. The van der Waals surface area contributed by atoms with E-state index in [4.69, 9.17) is 9.47 Å². The second-order valence-electron chi connectivity index (χ2n) is 5.89. The van der Waals surface area contributed by atoms with Crippen LogP contribution in [0.2, 0.25) is 0 Å². The Balaban J connectivity index is 2.25. The van der Waals surface area contributed by atoms with Crippen LogP contribution in [-0.2, 0) is 10.0 Å². The van der Waals surface area contributed by atoms with Gasteiger partial charge in [0.05, 0.1) is 14.2 Å². The minimum atomic E-state index is -3.91. The van der Waals surface area contributed by atoms with Crippen LogP contribution in [-0.4, -0.2) is 45.9 Å². The average Bonchev–Trinajstić information content (AvgIpc) is 2.67. The molecule has 0 unspecified atom stereocenters. The predicted octanol–water partition coefficient (Wildman–Crippen LogP) is 2.92. The maximum atomic E-state index is 12.7. The fourth-order valence-electron chi connectivity index (χ4n) is 2.62. The molecular formula is C18H26N4O4S. The van der Waals surface area contributed by atoms with Crippen LogP contribution in [0.3, 0.4) is 0 Å². The van der Waals surface area contributed by atoms with Crippen LogP contribution in [0.15, 0.2) is 35.2 Å². The maximum Gasteiger partial charge on any atom is 0.266 e. The Morgan fingerprint density at radius 1 is 1.00 bits per heavy atom. The van der Waals surface area contributed by atoms with E-state index in [2.05, 4.69) is 33.7 Å². The summed E-state index contributed by atoms with van der Waals surface area (Å²) in [5.41, 5.74) is 0. The number of ether oxygens (including phenoxy) is 2. The summed E-state index contributed by atoms with van der Waals surface area (Å²) in [4.78, 5) is 2.09. The molecule has 0 aliphatic heterocycles. The largest absolute Gasteiger partial charge is 0.497 e. The third kappa shape index (κ3) is 5.22. The van der Waals surface area contributed by atoms with Gasteiger partial charge in [-0.2, -0.15) is 0 Å². The van der Waals surface area contributed by atoms with E-state index in [0.717, 1.165) is 31.7 Å². The first-order chi connectivity index (χ1) is 12.9. The van der Waals surface area contributed by atoms with Crippen molar-refractivity contribution in [2.24, 2.45) is 0 Å². The number of benzene rings is 1. The van der Waals surface area contributed by atoms with Gasteiger partial charge in [-0.25, -0.2) is 8.42 Å². The fourth-order valence-corrected chi connectivity index (χ4v) is 3.80. The molecule has 1 aromatic heterocycles. The molecule has 0 aliphatic carbocycles. The van der Waals surface area contributed by atoms with Crippen LogP contribution >= 0.6 is 0 Å². The van der Waals surface area contributed by atoms with Crippen LogP contribution < -0.4 is 19.1 Å². The van der Waals surface area contributed by atoms with Crippen molar-refractivity contribution in [2.45, 2.75) is 31.6 Å². The maximum absolute atomic E-state index is 12.7. The molecule has 0 radical (unpaired) electrons. The summed E-state index contributed by atoms with van der Waals surface area (Å²) in [6.07, 6.45) is 1.98. The molecule has 2 aromatic rings. The van der Waals surface area contributed by atoms with Gasteiger partial charge in [-0.1, -0.05) is 13.8 Å². The second kappa shape index (κ2) is 9.40. The quantitative estimate of drug-likeness (QED) is 0.662. The zero-order chi connectivity index (χ0) is 19.9. The highest BCUT2D eigenvalue weighted by Gasteiger charge is 2.21. The molecule has 0 aliphatic rings. The van der Waals surface area contributed by atoms with Crippen LogP contribution in [0.25, 0.3) is 0 Å². The summed E-state index contributed by atoms with van der Waals surface area (Å²) in [6, 6.07) is 7.93. The molecule has 0 fully saturated rings. The van der Waals surface area contributed by atoms with Crippen molar-refractivity contribution in [1.82, 2.24) is 10.2 Å². The van der Waals surface area contributed by atoms with Crippen molar-refractivity contribution in [1.29, 1.82) is 0 Å². The first-order valence-corrected chi connectivity index (χ1v) is 10.3. The third-order valence-corrected chi connectivity index (χ3v) is 5.24. The number of hydrogen-bond donors (Lipinski definition) is 1. The van der Waals surface area contributed by atoms with E-state index in [0.29, 0.717) is 5.75 Å². The summed E-state index contributed by atoms with van der Waals surface area (Å²) in [7, 11) is -1.04. The monoisotopic (exact) mass is 394 g/mol. The summed E-state index contributed by atoms with van der Waals surface area (Å²) >= 11 is 0. The molecular weight excluding hydrogens is 368 g/mol. The molecule has 148 valence electrons. The molecule has 0 bridgehead atoms. The van der Waals surface area contributed by atoms with E-state index in [9.17, 15) is 8.42 Å². The number of hydrogen-bond acceptors (Lipinski definition) is 7. The topological polar surface area (TPSA) is 93.7 Å². The van der Waals surface area contributed by atoms with Gasteiger partial charge in [0.1, 0.15) is 16.4 Å². The number of rotatable bonds is 10. The Kier molecular flexibility index (Phi) is 7.23. The summed E-state index contributed by atoms with van der Waals surface area (Å²) in [6.45, 7) is 5.93. The van der Waals surface area contributed by atoms with E-state index >= 15 is 0 Å². The van der Waals surface area contributed by atoms with Crippen LogP contribution in [0.4, 0.5) is 11.6 Å². The molecule has 1 heterocycles. The van der Waals surface area contributed by atoms with Gasteiger partial charge in [0.15, 0.2) is 11.6 Å². The van der Waals surface area contributed by atoms with E-state index in [1.165, 1.54) is 26.4 Å². The summed E-state index contributed by atoms with van der Waals surface area (Å²) in [5.74, 6) is 1.48. The minimum absolute atomic E-state index is 0.0335. The Bertz CT molecular complexity index is 835. The lowest BCUT2D eigenvalue weighted by atomic mass is 10.3. The molecule has 9 heteroatoms. The minimum Gasteiger partial charge on any atom is -0.497 e. The number of methoxy groups -OCH3 is 2. The lowest BCUT2D eigenvalue weighted by molar-refractivity contribution is 0.392. The van der Waals surface area contributed by atoms with Crippen molar-refractivity contribution >= 4 is 21.7 Å². The van der Waals surface area contributed by atoms with Gasteiger partial charge in [0.25, 0.3) is 10.0 Å². The number of nitrogens with one attached hydrogen (secondary N) is 1. The van der Waals surface area contributed by atoms with Gasteiger partial charge in [0.2, 0.25) is 0 Å². The van der Waals surface area contributed by atoms with Crippen molar-refractivity contribution in [2.75, 3.05) is 36.9 Å².